The van der Waals surface area contributed by atoms with Gasteiger partial charge in [0.25, 0.3) is 0 Å². The number of hydrogen-bond acceptors (Lipinski definition) is 2. The Labute approximate surface area is 128 Å². The van der Waals surface area contributed by atoms with Crippen LogP contribution >= 0.6 is 11.8 Å². The number of likely N-dealkylation sites (N-methyl/N-ethyl adjacent to an activating group) is 1. The molecule has 1 fully saturated rings. The summed E-state index contributed by atoms with van der Waals surface area (Å²) in [5, 5.41) is 4.42. The highest BCUT2D eigenvalue weighted by Gasteiger charge is 2.16. The molecule has 1 nitrogen and oxygen atoms in total. The summed E-state index contributed by atoms with van der Waals surface area (Å²) in [6.45, 7) is 2.21. The fourth-order valence-electron chi connectivity index (χ4n) is 2.92. The minimum atomic E-state index is 0.606. The van der Waals surface area contributed by atoms with Gasteiger partial charge in [0.2, 0.25) is 0 Å². The van der Waals surface area contributed by atoms with Crippen LogP contribution in [0.1, 0.15) is 50.2 Å². The van der Waals surface area contributed by atoms with Gasteiger partial charge in [0.1, 0.15) is 0 Å². The molecular weight excluding hydrogens is 262 g/mol. The van der Waals surface area contributed by atoms with Crippen molar-refractivity contribution in [1.29, 1.82) is 0 Å². The van der Waals surface area contributed by atoms with E-state index < -0.39 is 0 Å². The van der Waals surface area contributed by atoms with Crippen LogP contribution in [0.4, 0.5) is 0 Å². The number of benzene rings is 1. The van der Waals surface area contributed by atoms with Crippen molar-refractivity contribution >= 4 is 11.8 Å². The molecule has 1 N–H and O–H groups in total. The van der Waals surface area contributed by atoms with E-state index in [-0.39, 0.29) is 0 Å². The lowest BCUT2D eigenvalue weighted by Gasteiger charge is -2.24. The third-order valence-corrected chi connectivity index (χ3v) is 5.94. The van der Waals surface area contributed by atoms with Gasteiger partial charge in [0.05, 0.1) is 0 Å². The average molecular weight is 292 g/mol. The number of nitrogens with one attached hydrogen (secondary N) is 1. The van der Waals surface area contributed by atoms with Crippen molar-refractivity contribution in [2.45, 2.75) is 63.2 Å². The van der Waals surface area contributed by atoms with Crippen molar-refractivity contribution in [1.82, 2.24) is 5.32 Å². The Bertz CT molecular complexity index is 368. The molecule has 1 aromatic rings. The van der Waals surface area contributed by atoms with E-state index in [1.54, 1.807) is 0 Å². The second-order valence-electron chi connectivity index (χ2n) is 5.95. The topological polar surface area (TPSA) is 12.0 Å². The zero-order valence-electron chi connectivity index (χ0n) is 13.0. The van der Waals surface area contributed by atoms with Crippen LogP contribution in [-0.2, 0) is 12.8 Å². The first-order valence-corrected chi connectivity index (χ1v) is 9.23. The van der Waals surface area contributed by atoms with Crippen LogP contribution in [0.25, 0.3) is 0 Å². The van der Waals surface area contributed by atoms with Crippen LogP contribution in [0, 0.1) is 0 Å². The molecule has 1 aliphatic rings. The highest BCUT2D eigenvalue weighted by molar-refractivity contribution is 7.99. The largest absolute Gasteiger partial charge is 0.316 e. The normalized spacial score (nSPS) is 18.1. The molecule has 2 heteroatoms. The van der Waals surface area contributed by atoms with Gasteiger partial charge in [-0.2, -0.15) is 11.8 Å². The van der Waals surface area contributed by atoms with Crippen LogP contribution in [0.2, 0.25) is 0 Å². The maximum absolute atomic E-state index is 3.50. The molecule has 1 saturated carbocycles. The van der Waals surface area contributed by atoms with E-state index in [0.29, 0.717) is 6.04 Å². The van der Waals surface area contributed by atoms with Crippen molar-refractivity contribution in [3.63, 3.8) is 0 Å². The molecule has 0 spiro atoms. The molecule has 0 aromatic heterocycles. The van der Waals surface area contributed by atoms with E-state index in [0.717, 1.165) is 18.1 Å². The summed E-state index contributed by atoms with van der Waals surface area (Å²) in [5.74, 6) is 1.25. The summed E-state index contributed by atoms with van der Waals surface area (Å²) < 4.78 is 0. The SMILES string of the molecule is CCc1ccc(CC(CSC2CCCCC2)NC)cc1. The van der Waals surface area contributed by atoms with E-state index >= 15 is 0 Å². The first-order chi connectivity index (χ1) is 9.81. The Morgan fingerprint density at radius 1 is 1.10 bits per heavy atom. The fraction of sp³-hybridized carbons (Fsp3) is 0.667. The third-order valence-electron chi connectivity index (χ3n) is 4.41. The lowest BCUT2D eigenvalue weighted by Crippen LogP contribution is -2.31. The van der Waals surface area contributed by atoms with Gasteiger partial charge in [0.15, 0.2) is 0 Å². The molecule has 1 aliphatic carbocycles. The van der Waals surface area contributed by atoms with Crippen LogP contribution < -0.4 is 5.32 Å². The predicted molar refractivity (Wildman–Crippen MR) is 91.7 cm³/mol. The van der Waals surface area contributed by atoms with Crippen LogP contribution in [0.5, 0.6) is 0 Å². The molecule has 1 unspecified atom stereocenters. The van der Waals surface area contributed by atoms with Gasteiger partial charge in [-0.1, -0.05) is 50.5 Å². The Morgan fingerprint density at radius 3 is 2.35 bits per heavy atom. The van der Waals surface area contributed by atoms with Crippen molar-refractivity contribution in [2.75, 3.05) is 12.8 Å². The van der Waals surface area contributed by atoms with Gasteiger partial charge < -0.3 is 5.32 Å². The standard InChI is InChI=1S/C18H29NS/c1-3-15-9-11-16(12-10-15)13-17(19-2)14-20-18-7-5-4-6-8-18/h9-12,17-19H,3-8,13-14H2,1-2H3. The molecule has 112 valence electrons. The van der Waals surface area contributed by atoms with E-state index in [1.165, 1.54) is 49.0 Å². The zero-order valence-corrected chi connectivity index (χ0v) is 13.8. The van der Waals surface area contributed by atoms with Gasteiger partial charge in [-0.3, -0.25) is 0 Å². The van der Waals surface area contributed by atoms with E-state index in [9.17, 15) is 0 Å². The second-order valence-corrected chi connectivity index (χ2v) is 7.29. The van der Waals surface area contributed by atoms with Crippen molar-refractivity contribution in [2.24, 2.45) is 0 Å². The lowest BCUT2D eigenvalue weighted by atomic mass is 10.0. The molecule has 1 aromatic carbocycles. The maximum Gasteiger partial charge on any atom is 0.0195 e. The predicted octanol–water partition coefficient (Wildman–Crippen LogP) is 4.45. The summed E-state index contributed by atoms with van der Waals surface area (Å²) in [6.07, 6.45) is 9.50. The third kappa shape index (κ3) is 5.14. The summed E-state index contributed by atoms with van der Waals surface area (Å²) in [5.41, 5.74) is 2.90. The molecule has 1 atom stereocenters. The first kappa shape index (κ1) is 15.9. The molecule has 0 saturated heterocycles. The van der Waals surface area contributed by atoms with Crippen molar-refractivity contribution in [3.8, 4) is 0 Å². The minimum Gasteiger partial charge on any atom is -0.316 e. The minimum absolute atomic E-state index is 0.606. The number of aryl methyl sites for hydroxylation is 1. The molecule has 0 bridgehead atoms. The number of hydrogen-bond donors (Lipinski definition) is 1. The highest BCUT2D eigenvalue weighted by atomic mass is 32.2. The Morgan fingerprint density at radius 2 is 1.75 bits per heavy atom. The fourth-order valence-corrected chi connectivity index (χ4v) is 4.38. The monoisotopic (exact) mass is 291 g/mol. The average Bonchev–Trinajstić information content (AvgIpc) is 2.53. The van der Waals surface area contributed by atoms with E-state index in [4.69, 9.17) is 0 Å². The lowest BCUT2D eigenvalue weighted by molar-refractivity contribution is 0.514. The Hall–Kier alpha value is -0.470. The van der Waals surface area contributed by atoms with E-state index in [1.807, 2.05) is 0 Å². The van der Waals surface area contributed by atoms with Crippen LogP contribution in [0.3, 0.4) is 0 Å². The molecule has 2 rings (SSSR count). The molecular formula is C18H29NS. The summed E-state index contributed by atoms with van der Waals surface area (Å²) >= 11 is 2.19. The number of rotatable bonds is 7. The molecule has 0 aliphatic heterocycles. The highest BCUT2D eigenvalue weighted by Crippen LogP contribution is 2.28. The molecule has 0 radical (unpaired) electrons. The Kier molecular flexibility index (Phi) is 6.95. The number of thioether (sulfide) groups is 1. The maximum atomic E-state index is 3.50. The van der Waals surface area contributed by atoms with Crippen molar-refractivity contribution < 1.29 is 0 Å². The zero-order chi connectivity index (χ0) is 14.2. The molecule has 20 heavy (non-hydrogen) atoms. The quantitative estimate of drug-likeness (QED) is 0.797. The van der Waals surface area contributed by atoms with Gasteiger partial charge in [-0.25, -0.2) is 0 Å². The molecule has 0 heterocycles. The van der Waals surface area contributed by atoms with Crippen LogP contribution in [-0.4, -0.2) is 24.1 Å². The van der Waals surface area contributed by atoms with Gasteiger partial charge in [0, 0.05) is 17.0 Å². The summed E-state index contributed by atoms with van der Waals surface area (Å²) in [4.78, 5) is 0. The van der Waals surface area contributed by atoms with Crippen LogP contribution in [0.15, 0.2) is 24.3 Å². The van der Waals surface area contributed by atoms with Gasteiger partial charge in [-0.15, -0.1) is 0 Å². The van der Waals surface area contributed by atoms with Crippen molar-refractivity contribution in [3.05, 3.63) is 35.4 Å². The molecule has 0 amide bonds. The smallest absolute Gasteiger partial charge is 0.0195 e. The second kappa shape index (κ2) is 8.74. The van der Waals surface area contributed by atoms with E-state index in [2.05, 4.69) is 55.3 Å². The first-order valence-electron chi connectivity index (χ1n) is 8.18. The van der Waals surface area contributed by atoms with Gasteiger partial charge >= 0.3 is 0 Å². The van der Waals surface area contributed by atoms with Gasteiger partial charge in [-0.05, 0) is 43.9 Å². The summed E-state index contributed by atoms with van der Waals surface area (Å²) in [7, 11) is 2.10. The summed E-state index contributed by atoms with van der Waals surface area (Å²) in [6, 6.07) is 9.75. The Balaban J connectivity index is 1.78.